The lowest BCUT2D eigenvalue weighted by Gasteiger charge is -2.31. The molecule has 4 rings (SSSR count). The van der Waals surface area contributed by atoms with E-state index in [2.05, 4.69) is 14.9 Å². The summed E-state index contributed by atoms with van der Waals surface area (Å²) >= 11 is 1.09. The number of hydrogen-bond donors (Lipinski definition) is 1. The van der Waals surface area contributed by atoms with Crippen LogP contribution in [0.25, 0.3) is 0 Å². The number of ether oxygens (including phenoxy) is 1. The summed E-state index contributed by atoms with van der Waals surface area (Å²) in [7, 11) is 1.55. The van der Waals surface area contributed by atoms with Crippen LogP contribution in [0.5, 0.6) is 5.75 Å². The summed E-state index contributed by atoms with van der Waals surface area (Å²) in [5.41, 5.74) is 1.61. The standard InChI is InChI=1S/C22H21FN4O3S/c1-30-18-4-2-3-15(11-18)20(21(28)24-12-14-5-7-16(23)8-6-14)27(17-9-10-17)22(29)19-13-31-26-25-19/h2-8,11,13,17,20H,9-10,12H2,1H3,(H,24,28). The fraction of sp³-hybridized carbons (Fsp3) is 0.273. The lowest BCUT2D eigenvalue weighted by atomic mass is 10.0. The largest absolute Gasteiger partial charge is 0.497 e. The zero-order valence-electron chi connectivity index (χ0n) is 16.8. The zero-order valence-corrected chi connectivity index (χ0v) is 17.6. The number of halogens is 1. The molecule has 31 heavy (non-hydrogen) atoms. The van der Waals surface area contributed by atoms with Gasteiger partial charge in [0.1, 0.15) is 17.6 Å². The molecule has 0 saturated heterocycles. The molecule has 7 nitrogen and oxygen atoms in total. The minimum absolute atomic E-state index is 0.0537. The average molecular weight is 441 g/mol. The highest BCUT2D eigenvalue weighted by atomic mass is 32.1. The predicted molar refractivity (Wildman–Crippen MR) is 113 cm³/mol. The predicted octanol–water partition coefficient (Wildman–Crippen LogP) is 3.35. The van der Waals surface area contributed by atoms with Gasteiger partial charge < -0.3 is 15.0 Å². The molecule has 3 aromatic rings. The summed E-state index contributed by atoms with van der Waals surface area (Å²) in [5.74, 6) is -0.416. The molecule has 160 valence electrons. The van der Waals surface area contributed by atoms with Crippen molar-refractivity contribution in [1.29, 1.82) is 0 Å². The molecule has 1 heterocycles. The third kappa shape index (κ3) is 4.88. The van der Waals surface area contributed by atoms with Crippen molar-refractivity contribution in [1.82, 2.24) is 19.8 Å². The number of benzene rings is 2. The molecular weight excluding hydrogens is 419 g/mol. The number of rotatable bonds is 8. The Morgan fingerprint density at radius 3 is 2.68 bits per heavy atom. The van der Waals surface area contributed by atoms with Gasteiger partial charge in [0.15, 0.2) is 5.69 Å². The molecule has 2 aromatic carbocycles. The van der Waals surface area contributed by atoms with E-state index in [1.54, 1.807) is 53.8 Å². The van der Waals surface area contributed by atoms with E-state index in [0.717, 1.165) is 29.9 Å². The zero-order chi connectivity index (χ0) is 21.8. The monoisotopic (exact) mass is 440 g/mol. The third-order valence-corrected chi connectivity index (χ3v) is 5.57. The molecule has 1 saturated carbocycles. The normalized spacial score (nSPS) is 14.0. The molecule has 1 aliphatic rings. The summed E-state index contributed by atoms with van der Waals surface area (Å²) in [5, 5.41) is 8.37. The van der Waals surface area contributed by atoms with Crippen LogP contribution in [-0.2, 0) is 11.3 Å². The molecule has 1 unspecified atom stereocenters. The number of carbonyl (C=O) groups is 2. The molecule has 0 bridgehead atoms. The van der Waals surface area contributed by atoms with Gasteiger partial charge in [0.2, 0.25) is 5.91 Å². The Labute approximate surface area is 183 Å². The van der Waals surface area contributed by atoms with E-state index in [9.17, 15) is 14.0 Å². The van der Waals surface area contributed by atoms with Crippen molar-refractivity contribution in [3.05, 3.63) is 76.5 Å². The maximum Gasteiger partial charge on any atom is 0.276 e. The van der Waals surface area contributed by atoms with Crippen LogP contribution < -0.4 is 10.1 Å². The number of carbonyl (C=O) groups excluding carboxylic acids is 2. The lowest BCUT2D eigenvalue weighted by molar-refractivity contribution is -0.126. The van der Waals surface area contributed by atoms with Crippen molar-refractivity contribution in [3.63, 3.8) is 0 Å². The van der Waals surface area contributed by atoms with Crippen molar-refractivity contribution in [2.24, 2.45) is 0 Å². The van der Waals surface area contributed by atoms with Crippen molar-refractivity contribution in [3.8, 4) is 5.75 Å². The van der Waals surface area contributed by atoms with Gasteiger partial charge in [-0.05, 0) is 59.8 Å². The smallest absolute Gasteiger partial charge is 0.276 e. The van der Waals surface area contributed by atoms with E-state index < -0.39 is 6.04 Å². The quantitative estimate of drug-likeness (QED) is 0.581. The first kappa shape index (κ1) is 20.9. The molecule has 1 N–H and O–H groups in total. The first-order valence-electron chi connectivity index (χ1n) is 9.82. The first-order valence-corrected chi connectivity index (χ1v) is 10.7. The first-order chi connectivity index (χ1) is 15.1. The molecule has 9 heteroatoms. The fourth-order valence-electron chi connectivity index (χ4n) is 3.37. The van der Waals surface area contributed by atoms with E-state index in [-0.39, 0.29) is 35.9 Å². The van der Waals surface area contributed by atoms with E-state index in [4.69, 9.17) is 4.74 Å². The van der Waals surface area contributed by atoms with Gasteiger partial charge >= 0.3 is 0 Å². The van der Waals surface area contributed by atoms with Crippen LogP contribution in [0.4, 0.5) is 4.39 Å². The second-order valence-corrected chi connectivity index (χ2v) is 7.87. The van der Waals surface area contributed by atoms with Crippen LogP contribution in [0.3, 0.4) is 0 Å². The average Bonchev–Trinajstić information content (AvgIpc) is 3.48. The second-order valence-electron chi connectivity index (χ2n) is 7.26. The Balaban J connectivity index is 1.65. The summed E-state index contributed by atoms with van der Waals surface area (Å²) < 4.78 is 22.3. The third-order valence-electron chi connectivity index (χ3n) is 5.07. The Bertz CT molecular complexity index is 1050. The van der Waals surface area contributed by atoms with E-state index in [0.29, 0.717) is 11.3 Å². The van der Waals surface area contributed by atoms with Crippen LogP contribution in [-0.4, -0.2) is 39.5 Å². The van der Waals surface area contributed by atoms with Gasteiger partial charge in [-0.2, -0.15) is 0 Å². The van der Waals surface area contributed by atoms with Crippen LogP contribution in [0, 0.1) is 5.82 Å². The summed E-state index contributed by atoms with van der Waals surface area (Å²) in [6, 6.07) is 12.1. The molecular formula is C22H21FN4O3S. The van der Waals surface area contributed by atoms with E-state index in [1.165, 1.54) is 12.1 Å². The Kier molecular flexibility index (Phi) is 6.22. The molecule has 2 amide bonds. The molecule has 0 radical (unpaired) electrons. The van der Waals surface area contributed by atoms with Gasteiger partial charge in [0.25, 0.3) is 5.91 Å². The topological polar surface area (TPSA) is 84.4 Å². The maximum absolute atomic E-state index is 13.4. The number of amides is 2. The van der Waals surface area contributed by atoms with Crippen molar-refractivity contribution >= 4 is 23.3 Å². The van der Waals surface area contributed by atoms with Crippen LogP contribution in [0.15, 0.2) is 53.9 Å². The molecule has 0 aliphatic heterocycles. The number of nitrogens with zero attached hydrogens (tertiary/aromatic N) is 3. The fourth-order valence-corrected chi connectivity index (χ4v) is 3.80. The number of hydrogen-bond acceptors (Lipinski definition) is 6. The van der Waals surface area contributed by atoms with Crippen LogP contribution in [0.1, 0.15) is 40.5 Å². The molecule has 1 aromatic heterocycles. The molecule has 0 spiro atoms. The van der Waals surface area contributed by atoms with Crippen LogP contribution in [0.2, 0.25) is 0 Å². The van der Waals surface area contributed by atoms with Crippen molar-refractivity contribution in [2.75, 3.05) is 7.11 Å². The van der Waals surface area contributed by atoms with E-state index in [1.807, 2.05) is 0 Å². The van der Waals surface area contributed by atoms with Gasteiger partial charge in [0, 0.05) is 18.0 Å². The minimum atomic E-state index is -0.864. The Hall–Kier alpha value is -3.33. The Morgan fingerprint density at radius 1 is 1.26 bits per heavy atom. The van der Waals surface area contributed by atoms with Gasteiger partial charge in [-0.25, -0.2) is 4.39 Å². The van der Waals surface area contributed by atoms with Gasteiger partial charge in [-0.15, -0.1) is 5.10 Å². The Morgan fingerprint density at radius 2 is 2.03 bits per heavy atom. The lowest BCUT2D eigenvalue weighted by Crippen LogP contribution is -2.45. The molecule has 1 fully saturated rings. The van der Waals surface area contributed by atoms with Gasteiger partial charge in [-0.3, -0.25) is 9.59 Å². The molecule has 1 atom stereocenters. The van der Waals surface area contributed by atoms with Crippen molar-refractivity contribution in [2.45, 2.75) is 31.5 Å². The number of methoxy groups -OCH3 is 1. The number of aromatic nitrogens is 2. The summed E-state index contributed by atoms with van der Waals surface area (Å²) in [6.07, 6.45) is 1.63. The van der Waals surface area contributed by atoms with Gasteiger partial charge in [0.05, 0.1) is 7.11 Å². The van der Waals surface area contributed by atoms with Crippen molar-refractivity contribution < 1.29 is 18.7 Å². The van der Waals surface area contributed by atoms with Gasteiger partial charge in [-0.1, -0.05) is 28.8 Å². The van der Waals surface area contributed by atoms with Crippen LogP contribution >= 0.6 is 11.5 Å². The van der Waals surface area contributed by atoms with E-state index >= 15 is 0 Å². The number of nitrogens with one attached hydrogen (secondary N) is 1. The SMILES string of the molecule is COc1cccc(C(C(=O)NCc2ccc(F)cc2)N(C(=O)c2csnn2)C2CC2)c1. The highest BCUT2D eigenvalue weighted by Gasteiger charge is 2.42. The highest BCUT2D eigenvalue weighted by Crippen LogP contribution is 2.36. The second kappa shape index (κ2) is 9.22. The summed E-state index contributed by atoms with van der Waals surface area (Å²) in [6.45, 7) is 0.213. The molecule has 1 aliphatic carbocycles. The highest BCUT2D eigenvalue weighted by molar-refractivity contribution is 7.03. The summed E-state index contributed by atoms with van der Waals surface area (Å²) in [4.78, 5) is 28.2. The minimum Gasteiger partial charge on any atom is -0.497 e. The maximum atomic E-state index is 13.4.